The Hall–Kier alpha value is -1.08. The van der Waals surface area contributed by atoms with Crippen molar-refractivity contribution in [1.82, 2.24) is 0 Å². The third kappa shape index (κ3) is 2.69. The van der Waals surface area contributed by atoms with E-state index in [4.69, 9.17) is 10.5 Å². The number of carbonyl (C=O) groups excluding carboxylic acids is 1. The fourth-order valence-electron chi connectivity index (χ4n) is 1.84. The summed E-state index contributed by atoms with van der Waals surface area (Å²) < 4.78 is 4.86. The van der Waals surface area contributed by atoms with Gasteiger partial charge in [-0.2, -0.15) is 0 Å². The summed E-state index contributed by atoms with van der Waals surface area (Å²) in [6, 6.07) is 7.75. The molecule has 0 saturated carbocycles. The first-order valence-corrected chi connectivity index (χ1v) is 6.79. The van der Waals surface area contributed by atoms with Crippen LogP contribution in [0.3, 0.4) is 0 Å². The lowest BCUT2D eigenvalue weighted by atomic mass is 10.3. The Balaban J connectivity index is 2.14. The molecule has 4 heteroatoms. The number of hydrogen-bond acceptors (Lipinski definition) is 2. The van der Waals surface area contributed by atoms with E-state index in [0.717, 1.165) is 0 Å². The average molecular weight is 223 g/mol. The van der Waals surface area contributed by atoms with Gasteiger partial charge in [0.25, 0.3) is 0 Å². The molecule has 0 unspecified atom stereocenters. The van der Waals surface area contributed by atoms with Gasteiger partial charge in [-0.3, -0.25) is 0 Å². The molecule has 1 saturated heterocycles. The number of carbonyl (C=O) groups is 1. The molecule has 3 nitrogen and oxygen atoms in total. The van der Waals surface area contributed by atoms with Gasteiger partial charge in [0.1, 0.15) is 5.75 Å². The summed E-state index contributed by atoms with van der Waals surface area (Å²) in [5, 5.41) is 1.32. The number of nitrogens with two attached hydrogens (primary N) is 1. The highest BCUT2D eigenvalue weighted by atomic mass is 31.1. The van der Waals surface area contributed by atoms with Crippen LogP contribution in [-0.2, 0) is 0 Å². The quantitative estimate of drug-likeness (QED) is 0.780. The van der Waals surface area contributed by atoms with E-state index in [-0.39, 0.29) is 7.92 Å². The maximum atomic E-state index is 10.6. The molecule has 0 spiro atoms. The highest BCUT2D eigenvalue weighted by Gasteiger charge is 2.16. The van der Waals surface area contributed by atoms with Crippen molar-refractivity contribution >= 4 is 19.3 Å². The summed E-state index contributed by atoms with van der Waals surface area (Å²) in [4.78, 5) is 10.6. The van der Waals surface area contributed by atoms with Gasteiger partial charge >= 0.3 is 6.09 Å². The van der Waals surface area contributed by atoms with Gasteiger partial charge in [0, 0.05) is 0 Å². The molecule has 0 aromatic heterocycles. The maximum Gasteiger partial charge on any atom is 0.409 e. The van der Waals surface area contributed by atoms with Crippen molar-refractivity contribution in [1.29, 1.82) is 0 Å². The zero-order valence-electron chi connectivity index (χ0n) is 8.48. The lowest BCUT2D eigenvalue weighted by molar-refractivity contribution is 0.211. The lowest BCUT2D eigenvalue weighted by Crippen LogP contribution is -2.17. The first-order valence-electron chi connectivity index (χ1n) is 5.08. The smallest absolute Gasteiger partial charge is 0.409 e. The predicted molar refractivity (Wildman–Crippen MR) is 62.2 cm³/mol. The molecule has 1 fully saturated rings. The Morgan fingerprint density at radius 1 is 1.33 bits per heavy atom. The Kier molecular flexibility index (Phi) is 3.22. The van der Waals surface area contributed by atoms with E-state index in [1.165, 1.54) is 30.5 Å². The van der Waals surface area contributed by atoms with Crippen molar-refractivity contribution in [3.63, 3.8) is 0 Å². The van der Waals surface area contributed by atoms with Crippen LogP contribution in [0.25, 0.3) is 0 Å². The van der Waals surface area contributed by atoms with Gasteiger partial charge in [0.2, 0.25) is 0 Å². The molecule has 0 radical (unpaired) electrons. The van der Waals surface area contributed by atoms with Crippen molar-refractivity contribution in [3.05, 3.63) is 24.3 Å². The number of hydrogen-bond donors (Lipinski definition) is 1. The second-order valence-corrected chi connectivity index (χ2v) is 6.10. The van der Waals surface area contributed by atoms with E-state index in [1.54, 1.807) is 6.07 Å². The van der Waals surface area contributed by atoms with E-state index in [1.807, 2.05) is 12.1 Å². The first kappa shape index (κ1) is 10.4. The Morgan fingerprint density at radius 2 is 2.07 bits per heavy atom. The van der Waals surface area contributed by atoms with Crippen molar-refractivity contribution in [3.8, 4) is 5.75 Å². The van der Waals surface area contributed by atoms with E-state index in [2.05, 4.69) is 6.07 Å². The van der Waals surface area contributed by atoms with Gasteiger partial charge in [-0.1, -0.05) is 20.1 Å². The Bertz CT molecular complexity index is 361. The van der Waals surface area contributed by atoms with Crippen molar-refractivity contribution in [2.24, 2.45) is 5.73 Å². The number of ether oxygens (including phenoxy) is 1. The maximum absolute atomic E-state index is 10.6. The van der Waals surface area contributed by atoms with Gasteiger partial charge in [0.05, 0.1) is 0 Å². The van der Waals surface area contributed by atoms with E-state index in [9.17, 15) is 4.79 Å². The van der Waals surface area contributed by atoms with Crippen LogP contribution < -0.4 is 15.8 Å². The van der Waals surface area contributed by atoms with Gasteiger partial charge in [-0.25, -0.2) is 4.79 Å². The summed E-state index contributed by atoms with van der Waals surface area (Å²) in [5.74, 6) is 0.564. The molecule has 0 bridgehead atoms. The van der Waals surface area contributed by atoms with E-state index >= 15 is 0 Å². The molecule has 15 heavy (non-hydrogen) atoms. The largest absolute Gasteiger partial charge is 0.410 e. The molecule has 1 aliphatic heterocycles. The molecule has 0 atom stereocenters. The minimum Gasteiger partial charge on any atom is -0.410 e. The fraction of sp³-hybridized carbons (Fsp3) is 0.364. The van der Waals surface area contributed by atoms with Crippen LogP contribution >= 0.6 is 7.92 Å². The molecule has 2 N–H and O–H groups in total. The monoisotopic (exact) mass is 223 g/mol. The zero-order valence-corrected chi connectivity index (χ0v) is 9.37. The van der Waals surface area contributed by atoms with Crippen LogP contribution in [0.4, 0.5) is 4.79 Å². The third-order valence-corrected chi connectivity index (χ3v) is 5.23. The molecule has 2 rings (SSSR count). The van der Waals surface area contributed by atoms with E-state index in [0.29, 0.717) is 5.75 Å². The summed E-state index contributed by atoms with van der Waals surface area (Å²) in [6.07, 6.45) is 4.51. The van der Waals surface area contributed by atoms with Crippen LogP contribution in [0.5, 0.6) is 5.75 Å². The zero-order chi connectivity index (χ0) is 10.7. The van der Waals surface area contributed by atoms with Crippen LogP contribution in [0.1, 0.15) is 12.8 Å². The van der Waals surface area contributed by atoms with Crippen molar-refractivity contribution in [2.45, 2.75) is 12.8 Å². The third-order valence-electron chi connectivity index (χ3n) is 2.51. The second-order valence-electron chi connectivity index (χ2n) is 3.61. The van der Waals surface area contributed by atoms with Crippen LogP contribution in [0.2, 0.25) is 0 Å². The summed E-state index contributed by atoms with van der Waals surface area (Å²) in [5.41, 5.74) is 4.97. The van der Waals surface area contributed by atoms with Gasteiger partial charge in [-0.15, -0.1) is 0 Å². The summed E-state index contributed by atoms with van der Waals surface area (Å²) in [6.45, 7) is 0. The van der Waals surface area contributed by atoms with Crippen molar-refractivity contribution < 1.29 is 9.53 Å². The fourth-order valence-corrected chi connectivity index (χ4v) is 4.39. The average Bonchev–Trinajstić information content (AvgIpc) is 2.69. The molecule has 1 aromatic carbocycles. The van der Waals surface area contributed by atoms with Gasteiger partial charge < -0.3 is 10.5 Å². The first-order chi connectivity index (χ1) is 7.25. The van der Waals surface area contributed by atoms with Crippen molar-refractivity contribution in [2.75, 3.05) is 12.3 Å². The Labute approximate surface area is 90.4 Å². The second kappa shape index (κ2) is 4.63. The standard InChI is InChI=1S/C11H14NO2P/c12-11(13)14-9-4-3-5-10(8-9)15-6-1-2-7-15/h3-5,8H,1-2,6-7H2,(H2,12,13). The Morgan fingerprint density at radius 3 is 2.73 bits per heavy atom. The molecule has 80 valence electrons. The van der Waals surface area contributed by atoms with E-state index < -0.39 is 6.09 Å². The number of primary amides is 1. The predicted octanol–water partition coefficient (Wildman–Crippen LogP) is 2.05. The normalized spacial score (nSPS) is 16.5. The van der Waals surface area contributed by atoms with Crippen LogP contribution in [0.15, 0.2) is 24.3 Å². The molecule has 0 aliphatic carbocycles. The van der Waals surface area contributed by atoms with Crippen LogP contribution in [-0.4, -0.2) is 18.4 Å². The van der Waals surface area contributed by atoms with Gasteiger partial charge in [-0.05, 0) is 42.6 Å². The molecule has 1 aromatic rings. The van der Waals surface area contributed by atoms with Gasteiger partial charge in [0.15, 0.2) is 0 Å². The summed E-state index contributed by atoms with van der Waals surface area (Å²) in [7, 11) is -0.0135. The molecular formula is C11H14NO2P. The number of amides is 1. The molecule has 1 heterocycles. The lowest BCUT2D eigenvalue weighted by Gasteiger charge is -2.11. The topological polar surface area (TPSA) is 52.3 Å². The number of benzene rings is 1. The minimum atomic E-state index is -0.744. The SMILES string of the molecule is NC(=O)Oc1cccc(P2CCCC2)c1. The molecular weight excluding hydrogens is 209 g/mol. The number of rotatable bonds is 2. The molecule has 1 aliphatic rings. The molecule has 1 amide bonds. The minimum absolute atomic E-state index is 0.0135. The summed E-state index contributed by atoms with van der Waals surface area (Å²) >= 11 is 0. The highest BCUT2D eigenvalue weighted by Crippen LogP contribution is 2.42. The van der Waals surface area contributed by atoms with Crippen LogP contribution in [0, 0.1) is 0 Å². The highest BCUT2D eigenvalue weighted by molar-refractivity contribution is 7.65.